The molecule has 0 bridgehead atoms. The number of phenolic OH excluding ortho intramolecular Hbond substituents is 1. The third kappa shape index (κ3) is 2.90. The summed E-state index contributed by atoms with van der Waals surface area (Å²) in [5.74, 6) is -3.91. The summed E-state index contributed by atoms with van der Waals surface area (Å²) in [6, 6.07) is 6.37. The number of para-hydroxylation sites is 1. The number of Topliss-reactive ketones (excluding diaryl/α,β-unsaturated/α-hetero) is 4. The van der Waals surface area contributed by atoms with Crippen molar-refractivity contribution in [3.05, 3.63) is 29.8 Å². The Hall–Kier alpha value is -2.30. The van der Waals surface area contributed by atoms with Gasteiger partial charge in [-0.2, -0.15) is 0 Å². The Morgan fingerprint density at radius 3 is 1.58 bits per heavy atom. The molecular weight excluding hydrogens is 308 g/mol. The standard InChI is InChI=1S/C19H20O5/c20-12-6-2-1-5-11(12)17(18-13(21)7-3-8-14(18)22)19-15(23)9-4-10-16(19)24/h1-2,5-6,17-20H,3-4,7-10H2. The summed E-state index contributed by atoms with van der Waals surface area (Å²) in [4.78, 5) is 49.8. The fourth-order valence-corrected chi connectivity index (χ4v) is 3.98. The van der Waals surface area contributed by atoms with Crippen molar-refractivity contribution in [2.24, 2.45) is 11.8 Å². The molecule has 0 spiro atoms. The molecule has 5 heteroatoms. The van der Waals surface area contributed by atoms with Gasteiger partial charge in [-0.1, -0.05) is 18.2 Å². The van der Waals surface area contributed by atoms with E-state index in [4.69, 9.17) is 0 Å². The Kier molecular flexibility index (Phi) is 4.60. The number of hydrogen-bond donors (Lipinski definition) is 1. The van der Waals surface area contributed by atoms with Gasteiger partial charge in [-0.25, -0.2) is 0 Å². The Morgan fingerprint density at radius 1 is 0.750 bits per heavy atom. The van der Waals surface area contributed by atoms with Gasteiger partial charge < -0.3 is 5.11 Å². The van der Waals surface area contributed by atoms with Gasteiger partial charge in [0.2, 0.25) is 0 Å². The maximum Gasteiger partial charge on any atom is 0.144 e. The molecule has 0 aromatic heterocycles. The van der Waals surface area contributed by atoms with Crippen molar-refractivity contribution in [2.45, 2.75) is 44.4 Å². The zero-order valence-corrected chi connectivity index (χ0v) is 13.4. The molecule has 0 unspecified atom stereocenters. The molecule has 3 rings (SSSR count). The monoisotopic (exact) mass is 328 g/mol. The molecule has 24 heavy (non-hydrogen) atoms. The number of carbonyl (C=O) groups is 4. The summed E-state index contributed by atoms with van der Waals surface area (Å²) < 4.78 is 0. The summed E-state index contributed by atoms with van der Waals surface area (Å²) in [6.07, 6.45) is 2.11. The molecular formula is C19H20O5. The third-order valence-electron chi connectivity index (χ3n) is 5.09. The van der Waals surface area contributed by atoms with E-state index in [0.717, 1.165) is 0 Å². The average molecular weight is 328 g/mol. The third-order valence-corrected chi connectivity index (χ3v) is 5.09. The summed E-state index contributed by atoms with van der Waals surface area (Å²) in [5.41, 5.74) is 0.347. The van der Waals surface area contributed by atoms with Gasteiger partial charge in [0.25, 0.3) is 0 Å². The van der Waals surface area contributed by atoms with Crippen LogP contribution in [0.2, 0.25) is 0 Å². The molecule has 2 saturated carbocycles. The minimum Gasteiger partial charge on any atom is -0.508 e. The van der Waals surface area contributed by atoms with Gasteiger partial charge in [0.05, 0.1) is 11.8 Å². The Balaban J connectivity index is 2.12. The summed E-state index contributed by atoms with van der Waals surface area (Å²) in [5, 5.41) is 10.2. The smallest absolute Gasteiger partial charge is 0.144 e. The lowest BCUT2D eigenvalue weighted by Crippen LogP contribution is -2.43. The van der Waals surface area contributed by atoms with Gasteiger partial charge in [0.1, 0.15) is 28.9 Å². The van der Waals surface area contributed by atoms with E-state index in [1.807, 2.05) is 0 Å². The molecule has 2 fully saturated rings. The molecule has 0 radical (unpaired) electrons. The number of phenols is 1. The molecule has 5 nitrogen and oxygen atoms in total. The number of carbonyl (C=O) groups excluding carboxylic acids is 4. The normalized spacial score (nSPS) is 20.9. The molecule has 1 aromatic rings. The van der Waals surface area contributed by atoms with Crippen LogP contribution < -0.4 is 0 Å². The fourth-order valence-electron chi connectivity index (χ4n) is 3.98. The van der Waals surface area contributed by atoms with Crippen LogP contribution in [0.15, 0.2) is 24.3 Å². The lowest BCUT2D eigenvalue weighted by molar-refractivity contribution is -0.141. The minimum atomic E-state index is -1.01. The zero-order chi connectivity index (χ0) is 17.3. The van der Waals surface area contributed by atoms with E-state index in [1.54, 1.807) is 18.2 Å². The van der Waals surface area contributed by atoms with Gasteiger partial charge in [-0.15, -0.1) is 0 Å². The highest BCUT2D eigenvalue weighted by Gasteiger charge is 2.47. The first-order valence-electron chi connectivity index (χ1n) is 8.39. The van der Waals surface area contributed by atoms with Crippen molar-refractivity contribution in [1.29, 1.82) is 0 Å². The number of benzene rings is 1. The highest BCUT2D eigenvalue weighted by atomic mass is 16.3. The van der Waals surface area contributed by atoms with Crippen LogP contribution in [0, 0.1) is 11.8 Å². The van der Waals surface area contributed by atoms with Crippen molar-refractivity contribution in [3.8, 4) is 5.75 Å². The van der Waals surface area contributed by atoms with Crippen LogP contribution in [0.5, 0.6) is 5.75 Å². The second kappa shape index (κ2) is 6.67. The van der Waals surface area contributed by atoms with Crippen LogP contribution in [-0.2, 0) is 19.2 Å². The summed E-state index contributed by atoms with van der Waals surface area (Å²) in [7, 11) is 0. The van der Waals surface area contributed by atoms with Gasteiger partial charge in [0, 0.05) is 31.6 Å². The van der Waals surface area contributed by atoms with Crippen molar-refractivity contribution in [2.75, 3.05) is 0 Å². The van der Waals surface area contributed by atoms with E-state index in [9.17, 15) is 24.3 Å². The molecule has 0 heterocycles. The van der Waals surface area contributed by atoms with Crippen LogP contribution in [0.25, 0.3) is 0 Å². The highest BCUT2D eigenvalue weighted by molar-refractivity contribution is 6.10. The highest BCUT2D eigenvalue weighted by Crippen LogP contribution is 2.43. The van der Waals surface area contributed by atoms with Crippen molar-refractivity contribution < 1.29 is 24.3 Å². The number of ketones is 4. The molecule has 126 valence electrons. The van der Waals surface area contributed by atoms with E-state index in [0.29, 0.717) is 18.4 Å². The van der Waals surface area contributed by atoms with Crippen LogP contribution in [0.1, 0.15) is 50.0 Å². The van der Waals surface area contributed by atoms with E-state index in [2.05, 4.69) is 0 Å². The SMILES string of the molecule is O=C1CCCC(=O)C1C(c1ccccc1O)C1C(=O)CCCC1=O. The number of rotatable bonds is 3. The van der Waals surface area contributed by atoms with Crippen molar-refractivity contribution >= 4 is 23.1 Å². The second-order valence-electron chi connectivity index (χ2n) is 6.61. The first-order valence-corrected chi connectivity index (χ1v) is 8.39. The molecule has 0 saturated heterocycles. The van der Waals surface area contributed by atoms with Crippen molar-refractivity contribution in [3.63, 3.8) is 0 Å². The Bertz CT molecular complexity index is 635. The van der Waals surface area contributed by atoms with Crippen LogP contribution in [-0.4, -0.2) is 28.2 Å². The minimum absolute atomic E-state index is 0.0835. The van der Waals surface area contributed by atoms with Crippen molar-refractivity contribution in [1.82, 2.24) is 0 Å². The lowest BCUT2D eigenvalue weighted by atomic mass is 9.65. The van der Waals surface area contributed by atoms with Gasteiger partial charge in [0.15, 0.2) is 0 Å². The molecule has 2 aliphatic rings. The molecule has 0 amide bonds. The molecule has 1 aromatic carbocycles. The fraction of sp³-hybridized carbons (Fsp3) is 0.474. The van der Waals surface area contributed by atoms with Crippen LogP contribution >= 0.6 is 0 Å². The topological polar surface area (TPSA) is 88.5 Å². The Labute approximate surface area is 140 Å². The number of hydrogen-bond acceptors (Lipinski definition) is 5. The molecule has 0 aliphatic heterocycles. The first-order chi connectivity index (χ1) is 11.5. The van der Waals surface area contributed by atoms with E-state index in [1.165, 1.54) is 6.07 Å². The zero-order valence-electron chi connectivity index (χ0n) is 13.4. The van der Waals surface area contributed by atoms with Gasteiger partial charge in [-0.05, 0) is 24.5 Å². The van der Waals surface area contributed by atoms with E-state index >= 15 is 0 Å². The molecule has 2 aliphatic carbocycles. The predicted molar refractivity (Wildman–Crippen MR) is 85.6 cm³/mol. The largest absolute Gasteiger partial charge is 0.508 e. The lowest BCUT2D eigenvalue weighted by Gasteiger charge is -2.34. The van der Waals surface area contributed by atoms with E-state index in [-0.39, 0.29) is 54.6 Å². The van der Waals surface area contributed by atoms with Crippen LogP contribution in [0.4, 0.5) is 0 Å². The molecule has 0 atom stereocenters. The average Bonchev–Trinajstić information content (AvgIpc) is 2.53. The van der Waals surface area contributed by atoms with Gasteiger partial charge >= 0.3 is 0 Å². The van der Waals surface area contributed by atoms with Gasteiger partial charge in [-0.3, -0.25) is 19.2 Å². The quantitative estimate of drug-likeness (QED) is 0.860. The second-order valence-corrected chi connectivity index (χ2v) is 6.61. The van der Waals surface area contributed by atoms with Crippen LogP contribution in [0.3, 0.4) is 0 Å². The maximum atomic E-state index is 12.5. The van der Waals surface area contributed by atoms with E-state index < -0.39 is 17.8 Å². The number of aromatic hydroxyl groups is 1. The molecule has 1 N–H and O–H groups in total. The summed E-state index contributed by atoms with van der Waals surface area (Å²) in [6.45, 7) is 0. The predicted octanol–water partition coefficient (Wildman–Crippen LogP) is 2.35. The first kappa shape index (κ1) is 16.6. The Morgan fingerprint density at radius 2 is 1.17 bits per heavy atom. The summed E-state index contributed by atoms with van der Waals surface area (Å²) >= 11 is 0. The maximum absolute atomic E-state index is 12.5.